The molecule has 1 saturated carbocycles. The van der Waals surface area contributed by atoms with Gasteiger partial charge in [0.2, 0.25) is 0 Å². The Bertz CT molecular complexity index is 233. The van der Waals surface area contributed by atoms with E-state index in [4.69, 9.17) is 4.74 Å². The van der Waals surface area contributed by atoms with Crippen molar-refractivity contribution < 1.29 is 9.53 Å². The van der Waals surface area contributed by atoms with Gasteiger partial charge in [-0.05, 0) is 43.9 Å². The number of ketones is 1. The van der Waals surface area contributed by atoms with Crippen LogP contribution < -0.4 is 0 Å². The average molecular weight is 224 g/mol. The third kappa shape index (κ3) is 2.85. The Balaban J connectivity index is 1.92. The maximum absolute atomic E-state index is 12.4. The maximum Gasteiger partial charge on any atom is 0.141 e. The molecular weight excluding hydrogens is 200 g/mol. The van der Waals surface area contributed by atoms with Crippen LogP contribution >= 0.6 is 0 Å². The molecule has 1 heterocycles. The van der Waals surface area contributed by atoms with Crippen molar-refractivity contribution in [1.82, 2.24) is 0 Å². The van der Waals surface area contributed by atoms with Gasteiger partial charge in [-0.2, -0.15) is 0 Å². The molecule has 0 aromatic rings. The molecule has 16 heavy (non-hydrogen) atoms. The van der Waals surface area contributed by atoms with Crippen molar-refractivity contribution in [2.24, 2.45) is 23.7 Å². The van der Waals surface area contributed by atoms with Crippen LogP contribution in [0, 0.1) is 23.7 Å². The maximum atomic E-state index is 12.4. The number of ether oxygens (including phenoxy) is 1. The van der Waals surface area contributed by atoms with E-state index in [1.54, 1.807) is 0 Å². The summed E-state index contributed by atoms with van der Waals surface area (Å²) >= 11 is 0. The molecule has 0 spiro atoms. The summed E-state index contributed by atoms with van der Waals surface area (Å²) in [6.07, 6.45) is 5.64. The van der Waals surface area contributed by atoms with Gasteiger partial charge in [0.1, 0.15) is 5.78 Å². The number of carbonyl (C=O) groups is 1. The van der Waals surface area contributed by atoms with Crippen LogP contribution in [0.25, 0.3) is 0 Å². The van der Waals surface area contributed by atoms with Gasteiger partial charge in [0.05, 0.1) is 6.61 Å². The molecular formula is C14H24O2. The highest BCUT2D eigenvalue weighted by Crippen LogP contribution is 2.35. The Kier molecular flexibility index (Phi) is 4.01. The molecule has 1 saturated heterocycles. The predicted molar refractivity (Wildman–Crippen MR) is 64.2 cm³/mol. The summed E-state index contributed by atoms with van der Waals surface area (Å²) in [6.45, 7) is 6.10. The monoisotopic (exact) mass is 224 g/mol. The zero-order valence-electron chi connectivity index (χ0n) is 10.6. The van der Waals surface area contributed by atoms with Crippen LogP contribution in [0.1, 0.15) is 46.0 Å². The summed E-state index contributed by atoms with van der Waals surface area (Å²) in [4.78, 5) is 12.4. The Labute approximate surface area is 98.7 Å². The van der Waals surface area contributed by atoms with Gasteiger partial charge in [-0.3, -0.25) is 4.79 Å². The standard InChI is InChI=1S/C14H24O2/c1-10-6-11(2)8-13(7-10)14(15)12-4-3-5-16-9-12/h10-13H,3-9H2,1-2H3. The molecule has 0 N–H and O–H groups in total. The quantitative estimate of drug-likeness (QED) is 0.720. The minimum Gasteiger partial charge on any atom is -0.381 e. The zero-order chi connectivity index (χ0) is 11.5. The van der Waals surface area contributed by atoms with Crippen LogP contribution in [0.2, 0.25) is 0 Å². The second kappa shape index (κ2) is 5.31. The number of rotatable bonds is 2. The summed E-state index contributed by atoms with van der Waals surface area (Å²) in [7, 11) is 0. The van der Waals surface area contributed by atoms with E-state index in [9.17, 15) is 4.79 Å². The Morgan fingerprint density at radius 1 is 1.06 bits per heavy atom. The van der Waals surface area contributed by atoms with Crippen molar-refractivity contribution in [1.29, 1.82) is 0 Å². The lowest BCUT2D eigenvalue weighted by molar-refractivity contribution is -0.132. The number of hydrogen-bond donors (Lipinski definition) is 0. The molecule has 2 rings (SSSR count). The minimum absolute atomic E-state index is 0.205. The van der Waals surface area contributed by atoms with Gasteiger partial charge in [-0.1, -0.05) is 13.8 Å². The molecule has 0 radical (unpaired) electrons. The van der Waals surface area contributed by atoms with E-state index in [1.807, 2.05) is 0 Å². The van der Waals surface area contributed by atoms with Crippen molar-refractivity contribution in [3.05, 3.63) is 0 Å². The fraction of sp³-hybridized carbons (Fsp3) is 0.929. The molecule has 0 aromatic carbocycles. The first kappa shape index (κ1) is 12.1. The first-order valence-corrected chi connectivity index (χ1v) is 6.78. The van der Waals surface area contributed by atoms with Crippen molar-refractivity contribution >= 4 is 5.78 Å². The fourth-order valence-electron chi connectivity index (χ4n) is 3.48. The highest BCUT2D eigenvalue weighted by Gasteiger charge is 2.33. The molecule has 92 valence electrons. The van der Waals surface area contributed by atoms with E-state index in [0.717, 1.165) is 44.1 Å². The molecule has 2 nitrogen and oxygen atoms in total. The number of hydrogen-bond acceptors (Lipinski definition) is 2. The van der Waals surface area contributed by atoms with Gasteiger partial charge >= 0.3 is 0 Å². The summed E-state index contributed by atoms with van der Waals surface area (Å²) in [6, 6.07) is 0. The molecule has 0 aromatic heterocycles. The van der Waals surface area contributed by atoms with E-state index >= 15 is 0 Å². The second-order valence-electron chi connectivity index (χ2n) is 5.93. The molecule has 0 amide bonds. The number of carbonyl (C=O) groups excluding carboxylic acids is 1. The van der Waals surface area contributed by atoms with E-state index in [-0.39, 0.29) is 5.92 Å². The van der Waals surface area contributed by atoms with Crippen LogP contribution in [0.5, 0.6) is 0 Å². The highest BCUT2D eigenvalue weighted by molar-refractivity contribution is 5.83. The van der Waals surface area contributed by atoms with Gasteiger partial charge in [0.25, 0.3) is 0 Å². The summed E-state index contributed by atoms with van der Waals surface area (Å²) in [5.41, 5.74) is 0. The van der Waals surface area contributed by atoms with Crippen LogP contribution in [-0.2, 0) is 9.53 Å². The van der Waals surface area contributed by atoms with Crippen molar-refractivity contribution in [3.8, 4) is 0 Å². The summed E-state index contributed by atoms with van der Waals surface area (Å²) < 4.78 is 5.43. The SMILES string of the molecule is CC1CC(C)CC(C(=O)C2CCCOC2)C1. The van der Waals surface area contributed by atoms with Gasteiger partial charge in [0, 0.05) is 18.4 Å². The molecule has 2 heteroatoms. The fourth-order valence-corrected chi connectivity index (χ4v) is 3.48. The normalized spacial score (nSPS) is 40.6. The van der Waals surface area contributed by atoms with E-state index in [1.165, 1.54) is 6.42 Å². The number of Topliss-reactive ketones (excluding diaryl/α,β-unsaturated/α-hetero) is 1. The zero-order valence-corrected chi connectivity index (χ0v) is 10.6. The lowest BCUT2D eigenvalue weighted by Crippen LogP contribution is -2.34. The molecule has 0 bridgehead atoms. The lowest BCUT2D eigenvalue weighted by atomic mass is 9.72. The Hall–Kier alpha value is -0.370. The van der Waals surface area contributed by atoms with Crippen LogP contribution in [0.3, 0.4) is 0 Å². The molecule has 2 fully saturated rings. The minimum atomic E-state index is 0.205. The first-order chi connectivity index (χ1) is 7.66. The Morgan fingerprint density at radius 3 is 2.31 bits per heavy atom. The summed E-state index contributed by atoms with van der Waals surface area (Å²) in [5.74, 6) is 2.48. The topological polar surface area (TPSA) is 26.3 Å². The van der Waals surface area contributed by atoms with Gasteiger partial charge in [0.15, 0.2) is 0 Å². The van der Waals surface area contributed by atoms with Crippen molar-refractivity contribution in [2.75, 3.05) is 13.2 Å². The first-order valence-electron chi connectivity index (χ1n) is 6.78. The third-order valence-electron chi connectivity index (χ3n) is 4.14. The molecule has 3 atom stereocenters. The van der Waals surface area contributed by atoms with Crippen molar-refractivity contribution in [2.45, 2.75) is 46.0 Å². The van der Waals surface area contributed by atoms with Crippen LogP contribution in [-0.4, -0.2) is 19.0 Å². The molecule has 1 aliphatic heterocycles. The predicted octanol–water partition coefficient (Wildman–Crippen LogP) is 3.05. The van der Waals surface area contributed by atoms with E-state index < -0.39 is 0 Å². The van der Waals surface area contributed by atoms with Gasteiger partial charge in [-0.25, -0.2) is 0 Å². The van der Waals surface area contributed by atoms with Gasteiger partial charge in [-0.15, -0.1) is 0 Å². The Morgan fingerprint density at radius 2 is 1.75 bits per heavy atom. The van der Waals surface area contributed by atoms with E-state index in [0.29, 0.717) is 18.3 Å². The lowest BCUT2D eigenvalue weighted by Gasteiger charge is -2.33. The van der Waals surface area contributed by atoms with Crippen molar-refractivity contribution in [3.63, 3.8) is 0 Å². The largest absolute Gasteiger partial charge is 0.381 e. The third-order valence-corrected chi connectivity index (χ3v) is 4.14. The second-order valence-corrected chi connectivity index (χ2v) is 5.93. The smallest absolute Gasteiger partial charge is 0.141 e. The highest BCUT2D eigenvalue weighted by atomic mass is 16.5. The van der Waals surface area contributed by atoms with E-state index in [2.05, 4.69) is 13.8 Å². The van der Waals surface area contributed by atoms with Gasteiger partial charge < -0.3 is 4.74 Å². The average Bonchev–Trinajstić information content (AvgIpc) is 2.28. The van der Waals surface area contributed by atoms with Crippen LogP contribution in [0.4, 0.5) is 0 Å². The molecule has 1 aliphatic carbocycles. The molecule has 3 unspecified atom stereocenters. The molecule has 2 aliphatic rings. The van der Waals surface area contributed by atoms with Crippen LogP contribution in [0.15, 0.2) is 0 Å². The summed E-state index contributed by atoms with van der Waals surface area (Å²) in [5, 5.41) is 0.